The molecule has 1 saturated carbocycles. The Morgan fingerprint density at radius 2 is 1.90 bits per heavy atom. The zero-order valence-electron chi connectivity index (χ0n) is 11.1. The fourth-order valence-corrected chi connectivity index (χ4v) is 2.75. The van der Waals surface area contributed by atoms with Crippen LogP contribution in [-0.4, -0.2) is 0 Å². The van der Waals surface area contributed by atoms with Crippen molar-refractivity contribution in [2.75, 3.05) is 0 Å². The molecule has 0 aromatic heterocycles. The Hall–Kier alpha value is -1.63. The van der Waals surface area contributed by atoms with E-state index in [1.807, 2.05) is 18.2 Å². The molecule has 1 fully saturated rings. The summed E-state index contributed by atoms with van der Waals surface area (Å²) in [6.45, 7) is 0.797. The van der Waals surface area contributed by atoms with Crippen molar-refractivity contribution in [3.63, 3.8) is 0 Å². The van der Waals surface area contributed by atoms with Crippen LogP contribution >= 0.6 is 15.9 Å². The van der Waals surface area contributed by atoms with Crippen LogP contribution in [0.25, 0.3) is 0 Å². The zero-order chi connectivity index (χ0) is 14.0. The summed E-state index contributed by atoms with van der Waals surface area (Å²) >= 11 is 3.47. The Kier molecular flexibility index (Phi) is 3.60. The molecule has 0 heterocycles. The van der Waals surface area contributed by atoms with Gasteiger partial charge in [-0.3, -0.25) is 0 Å². The molecule has 3 rings (SSSR count). The van der Waals surface area contributed by atoms with Crippen LogP contribution in [0.4, 0.5) is 0 Å². The van der Waals surface area contributed by atoms with E-state index in [0.717, 1.165) is 22.1 Å². The summed E-state index contributed by atoms with van der Waals surface area (Å²) in [6, 6.07) is 18.5. The molecule has 1 aliphatic carbocycles. The number of hydrogen-bond donors (Lipinski definition) is 1. The van der Waals surface area contributed by atoms with Crippen LogP contribution < -0.4 is 5.32 Å². The van der Waals surface area contributed by atoms with Gasteiger partial charge in [0.1, 0.15) is 0 Å². The lowest BCUT2D eigenvalue weighted by Crippen LogP contribution is -2.28. The summed E-state index contributed by atoms with van der Waals surface area (Å²) in [5, 5.41) is 12.6. The van der Waals surface area contributed by atoms with Crippen molar-refractivity contribution in [2.24, 2.45) is 0 Å². The first-order valence-electron chi connectivity index (χ1n) is 6.72. The van der Waals surface area contributed by atoms with Gasteiger partial charge in [0.2, 0.25) is 0 Å². The molecule has 0 aliphatic heterocycles. The van der Waals surface area contributed by atoms with Crippen molar-refractivity contribution < 1.29 is 0 Å². The third-order valence-electron chi connectivity index (χ3n) is 3.83. The minimum absolute atomic E-state index is 0.128. The van der Waals surface area contributed by atoms with Crippen LogP contribution in [-0.2, 0) is 12.1 Å². The molecule has 2 aromatic rings. The van der Waals surface area contributed by atoms with E-state index in [1.54, 1.807) is 0 Å². The number of rotatable bonds is 4. The van der Waals surface area contributed by atoms with Crippen molar-refractivity contribution in [3.05, 3.63) is 69.7 Å². The third-order valence-corrected chi connectivity index (χ3v) is 4.36. The van der Waals surface area contributed by atoms with E-state index in [4.69, 9.17) is 5.26 Å². The van der Waals surface area contributed by atoms with Gasteiger partial charge in [-0.05, 0) is 48.2 Å². The average molecular weight is 327 g/mol. The van der Waals surface area contributed by atoms with Gasteiger partial charge in [0, 0.05) is 16.6 Å². The molecular weight excluding hydrogens is 312 g/mol. The van der Waals surface area contributed by atoms with E-state index in [1.165, 1.54) is 18.4 Å². The lowest BCUT2D eigenvalue weighted by Gasteiger charge is -2.18. The first-order valence-corrected chi connectivity index (χ1v) is 7.51. The largest absolute Gasteiger partial charge is 0.303 e. The molecule has 0 radical (unpaired) electrons. The van der Waals surface area contributed by atoms with Gasteiger partial charge < -0.3 is 5.32 Å². The van der Waals surface area contributed by atoms with E-state index in [9.17, 15) is 0 Å². The summed E-state index contributed by atoms with van der Waals surface area (Å²) in [7, 11) is 0. The second-order valence-electron chi connectivity index (χ2n) is 5.25. The highest BCUT2D eigenvalue weighted by molar-refractivity contribution is 9.10. The van der Waals surface area contributed by atoms with Gasteiger partial charge in [-0.15, -0.1) is 0 Å². The predicted molar refractivity (Wildman–Crippen MR) is 83.1 cm³/mol. The standard InChI is InChI=1S/C17H15BrN2/c18-16-6-4-15(5-7-16)17(8-9-17)20-12-14-3-1-2-13(10-14)11-19/h1-7,10,20H,8-9,12H2. The molecular formula is C17H15BrN2. The molecule has 0 amide bonds. The van der Waals surface area contributed by atoms with Gasteiger partial charge in [-0.2, -0.15) is 5.26 Å². The SMILES string of the molecule is N#Cc1cccc(CNC2(c3ccc(Br)cc3)CC2)c1. The normalized spacial score (nSPS) is 15.6. The van der Waals surface area contributed by atoms with Gasteiger partial charge in [-0.1, -0.05) is 40.2 Å². The maximum Gasteiger partial charge on any atom is 0.0991 e. The molecule has 1 aliphatic rings. The smallest absolute Gasteiger partial charge is 0.0991 e. The molecule has 100 valence electrons. The highest BCUT2D eigenvalue weighted by Crippen LogP contribution is 2.45. The Morgan fingerprint density at radius 3 is 2.55 bits per heavy atom. The number of benzene rings is 2. The molecule has 2 aromatic carbocycles. The fraction of sp³-hybridized carbons (Fsp3) is 0.235. The Morgan fingerprint density at radius 1 is 1.15 bits per heavy atom. The Bertz CT molecular complexity index is 651. The zero-order valence-corrected chi connectivity index (χ0v) is 12.7. The Labute approximate surface area is 127 Å². The second kappa shape index (κ2) is 5.40. The fourth-order valence-electron chi connectivity index (χ4n) is 2.48. The van der Waals surface area contributed by atoms with Crippen LogP contribution in [0.15, 0.2) is 53.0 Å². The summed E-state index contributed by atoms with van der Waals surface area (Å²) < 4.78 is 1.11. The molecule has 0 unspecified atom stereocenters. The van der Waals surface area contributed by atoms with Crippen molar-refractivity contribution in [1.82, 2.24) is 5.32 Å². The van der Waals surface area contributed by atoms with E-state index < -0.39 is 0 Å². The molecule has 2 nitrogen and oxygen atoms in total. The second-order valence-corrected chi connectivity index (χ2v) is 6.17. The minimum Gasteiger partial charge on any atom is -0.303 e. The van der Waals surface area contributed by atoms with Gasteiger partial charge >= 0.3 is 0 Å². The third kappa shape index (κ3) is 2.77. The molecule has 0 saturated heterocycles. The molecule has 1 N–H and O–H groups in total. The summed E-state index contributed by atoms with van der Waals surface area (Å²) in [5.74, 6) is 0. The molecule has 20 heavy (non-hydrogen) atoms. The lowest BCUT2D eigenvalue weighted by molar-refractivity contribution is 0.518. The van der Waals surface area contributed by atoms with E-state index in [0.29, 0.717) is 0 Å². The first kappa shape index (κ1) is 13.4. The molecule has 0 atom stereocenters. The van der Waals surface area contributed by atoms with Crippen molar-refractivity contribution in [3.8, 4) is 6.07 Å². The average Bonchev–Trinajstić information content (AvgIpc) is 3.27. The van der Waals surface area contributed by atoms with Gasteiger partial charge in [0.15, 0.2) is 0 Å². The van der Waals surface area contributed by atoms with Crippen LogP contribution in [0.5, 0.6) is 0 Å². The topological polar surface area (TPSA) is 35.8 Å². The maximum atomic E-state index is 8.93. The highest BCUT2D eigenvalue weighted by Gasteiger charge is 2.43. The molecule has 3 heteroatoms. The number of nitrogens with one attached hydrogen (secondary N) is 1. The maximum absolute atomic E-state index is 8.93. The summed E-state index contributed by atoms with van der Waals surface area (Å²) in [6.07, 6.45) is 2.35. The van der Waals surface area contributed by atoms with Crippen LogP contribution in [0.1, 0.15) is 29.5 Å². The van der Waals surface area contributed by atoms with Gasteiger partial charge in [0.25, 0.3) is 0 Å². The highest BCUT2D eigenvalue weighted by atomic mass is 79.9. The van der Waals surface area contributed by atoms with E-state index in [-0.39, 0.29) is 5.54 Å². The van der Waals surface area contributed by atoms with Gasteiger partial charge in [0.05, 0.1) is 11.6 Å². The Balaban J connectivity index is 1.71. The number of nitrogens with zero attached hydrogens (tertiary/aromatic N) is 1. The van der Waals surface area contributed by atoms with Crippen molar-refractivity contribution >= 4 is 15.9 Å². The predicted octanol–water partition coefficient (Wildman–Crippen LogP) is 4.10. The van der Waals surface area contributed by atoms with Crippen LogP contribution in [0, 0.1) is 11.3 Å². The van der Waals surface area contributed by atoms with Crippen LogP contribution in [0.2, 0.25) is 0 Å². The monoisotopic (exact) mass is 326 g/mol. The number of halogens is 1. The van der Waals surface area contributed by atoms with Crippen molar-refractivity contribution in [1.29, 1.82) is 5.26 Å². The molecule has 0 bridgehead atoms. The lowest BCUT2D eigenvalue weighted by atomic mass is 10.0. The van der Waals surface area contributed by atoms with Gasteiger partial charge in [-0.25, -0.2) is 0 Å². The number of nitriles is 1. The van der Waals surface area contributed by atoms with E-state index >= 15 is 0 Å². The molecule has 0 spiro atoms. The summed E-state index contributed by atoms with van der Waals surface area (Å²) in [5.41, 5.74) is 3.35. The number of hydrogen-bond acceptors (Lipinski definition) is 2. The summed E-state index contributed by atoms with van der Waals surface area (Å²) in [4.78, 5) is 0. The minimum atomic E-state index is 0.128. The van der Waals surface area contributed by atoms with E-state index in [2.05, 4.69) is 57.6 Å². The van der Waals surface area contributed by atoms with Crippen molar-refractivity contribution in [2.45, 2.75) is 24.9 Å². The van der Waals surface area contributed by atoms with Crippen LogP contribution in [0.3, 0.4) is 0 Å². The first-order chi connectivity index (χ1) is 9.72. The quantitative estimate of drug-likeness (QED) is 0.918.